The summed E-state index contributed by atoms with van der Waals surface area (Å²) in [5.41, 5.74) is -0.159. The van der Waals surface area contributed by atoms with Crippen LogP contribution < -0.4 is 4.74 Å². The monoisotopic (exact) mass is 545 g/mol. The van der Waals surface area contributed by atoms with Crippen LogP contribution in [0, 0.1) is 0 Å². The quantitative estimate of drug-likeness (QED) is 0.190. The van der Waals surface area contributed by atoms with Crippen LogP contribution in [0.25, 0.3) is 11.0 Å². The fourth-order valence-electron chi connectivity index (χ4n) is 4.38. The second-order valence-corrected chi connectivity index (χ2v) is 10.8. The first-order chi connectivity index (χ1) is 18.1. The van der Waals surface area contributed by atoms with Gasteiger partial charge in [-0.15, -0.1) is 0 Å². The Hall–Kier alpha value is -3.30. The van der Waals surface area contributed by atoms with Crippen molar-refractivity contribution in [2.75, 3.05) is 26.2 Å². The molecule has 0 atom stereocenters. The number of sulfone groups is 1. The van der Waals surface area contributed by atoms with Gasteiger partial charge in [0.2, 0.25) is 9.84 Å². The molecular formula is C29H30F3NO4S. The molecule has 1 aromatic heterocycles. The van der Waals surface area contributed by atoms with E-state index in [1.54, 1.807) is 36.4 Å². The van der Waals surface area contributed by atoms with Gasteiger partial charge < -0.3 is 14.1 Å². The number of furan rings is 1. The zero-order valence-corrected chi connectivity index (χ0v) is 22.1. The zero-order chi connectivity index (χ0) is 27.3. The van der Waals surface area contributed by atoms with Crippen LogP contribution in [0.1, 0.15) is 37.2 Å². The van der Waals surface area contributed by atoms with Crippen molar-refractivity contribution in [1.82, 2.24) is 4.90 Å². The third-order valence-corrected chi connectivity index (χ3v) is 8.30. The van der Waals surface area contributed by atoms with E-state index in [9.17, 15) is 21.6 Å². The van der Waals surface area contributed by atoms with Crippen molar-refractivity contribution in [1.29, 1.82) is 0 Å². The van der Waals surface area contributed by atoms with Gasteiger partial charge in [-0.25, -0.2) is 8.42 Å². The lowest BCUT2D eigenvalue weighted by Crippen LogP contribution is -2.25. The van der Waals surface area contributed by atoms with E-state index in [0.717, 1.165) is 38.2 Å². The molecule has 0 N–H and O–H groups in total. The van der Waals surface area contributed by atoms with E-state index in [2.05, 4.69) is 18.7 Å². The van der Waals surface area contributed by atoms with E-state index in [4.69, 9.17) is 9.15 Å². The number of halogens is 3. The average Bonchev–Trinajstić information content (AvgIpc) is 3.27. The van der Waals surface area contributed by atoms with Crippen LogP contribution in [0.4, 0.5) is 13.2 Å². The van der Waals surface area contributed by atoms with Gasteiger partial charge in [0, 0.05) is 18.4 Å². The standard InChI is InChI=1S/C29H30F3NO4S/c1-3-33(4-2)17-8-18-36-23-13-15-24(16-14-23)38(34,35)28-25-11-5-6-12-26(25)37-27(28)20-21-9-7-10-22(19-21)29(30,31)32/h5-7,9-16,19H,3-4,8,17-18,20H2,1-2H3. The highest BCUT2D eigenvalue weighted by atomic mass is 32.2. The maximum Gasteiger partial charge on any atom is 0.416 e. The molecule has 0 aliphatic carbocycles. The second-order valence-electron chi connectivity index (χ2n) is 8.93. The smallest absolute Gasteiger partial charge is 0.416 e. The molecule has 0 aliphatic heterocycles. The molecule has 5 nitrogen and oxygen atoms in total. The number of fused-ring (bicyclic) bond motifs is 1. The predicted molar refractivity (Wildman–Crippen MR) is 140 cm³/mol. The fraction of sp³-hybridized carbons (Fsp3) is 0.310. The SMILES string of the molecule is CCN(CC)CCCOc1ccc(S(=O)(=O)c2c(Cc3cccc(C(F)(F)F)c3)oc3ccccc23)cc1. The van der Waals surface area contributed by atoms with Gasteiger partial charge in [0.15, 0.2) is 0 Å². The summed E-state index contributed by atoms with van der Waals surface area (Å²) in [4.78, 5) is 2.30. The maximum atomic E-state index is 13.8. The highest BCUT2D eigenvalue weighted by Crippen LogP contribution is 2.36. The van der Waals surface area contributed by atoms with Crippen molar-refractivity contribution in [3.05, 3.63) is 89.7 Å². The summed E-state index contributed by atoms with van der Waals surface area (Å²) < 4.78 is 78.9. The van der Waals surface area contributed by atoms with Crippen LogP contribution in [-0.4, -0.2) is 39.6 Å². The van der Waals surface area contributed by atoms with Gasteiger partial charge >= 0.3 is 6.18 Å². The summed E-state index contributed by atoms with van der Waals surface area (Å²) in [5, 5.41) is 0.381. The van der Waals surface area contributed by atoms with Crippen LogP contribution in [0.3, 0.4) is 0 Å². The number of hydrogen-bond acceptors (Lipinski definition) is 5. The van der Waals surface area contributed by atoms with Crippen LogP contribution in [0.15, 0.2) is 87.0 Å². The molecule has 0 bridgehead atoms. The predicted octanol–water partition coefficient (Wildman–Crippen LogP) is 6.99. The molecule has 0 aliphatic rings. The molecule has 0 radical (unpaired) electrons. The summed E-state index contributed by atoms with van der Waals surface area (Å²) in [7, 11) is -4.05. The summed E-state index contributed by atoms with van der Waals surface area (Å²) in [6.45, 7) is 7.59. The summed E-state index contributed by atoms with van der Waals surface area (Å²) in [6.07, 6.45) is -3.77. The summed E-state index contributed by atoms with van der Waals surface area (Å²) >= 11 is 0. The van der Waals surface area contributed by atoms with Crippen LogP contribution in [0.5, 0.6) is 5.75 Å². The van der Waals surface area contributed by atoms with Gasteiger partial charge in [0.25, 0.3) is 0 Å². The first-order valence-electron chi connectivity index (χ1n) is 12.5. The molecule has 9 heteroatoms. The number of benzene rings is 3. The minimum Gasteiger partial charge on any atom is -0.494 e. The Labute approximate surface area is 220 Å². The topological polar surface area (TPSA) is 59.8 Å². The Morgan fingerprint density at radius 2 is 1.63 bits per heavy atom. The van der Waals surface area contributed by atoms with Gasteiger partial charge in [-0.2, -0.15) is 13.2 Å². The molecular weight excluding hydrogens is 515 g/mol. The van der Waals surface area contributed by atoms with Gasteiger partial charge in [-0.3, -0.25) is 0 Å². The van der Waals surface area contributed by atoms with E-state index in [0.29, 0.717) is 28.9 Å². The van der Waals surface area contributed by atoms with Crippen molar-refractivity contribution in [3.63, 3.8) is 0 Å². The molecule has 1 heterocycles. The van der Waals surface area contributed by atoms with Crippen molar-refractivity contribution < 1.29 is 30.7 Å². The molecule has 0 spiro atoms. The number of hydrogen-bond donors (Lipinski definition) is 0. The second kappa shape index (κ2) is 11.6. The molecule has 202 valence electrons. The summed E-state index contributed by atoms with van der Waals surface area (Å²) in [5.74, 6) is 0.645. The lowest BCUT2D eigenvalue weighted by molar-refractivity contribution is -0.137. The molecule has 0 unspecified atom stereocenters. The van der Waals surface area contributed by atoms with Gasteiger partial charge in [-0.05, 0) is 67.5 Å². The maximum absolute atomic E-state index is 13.8. The van der Waals surface area contributed by atoms with Crippen LogP contribution in [0.2, 0.25) is 0 Å². The Kier molecular flexibility index (Phi) is 8.47. The largest absolute Gasteiger partial charge is 0.494 e. The van der Waals surface area contributed by atoms with E-state index >= 15 is 0 Å². The highest BCUT2D eigenvalue weighted by Gasteiger charge is 2.31. The molecule has 38 heavy (non-hydrogen) atoms. The van der Waals surface area contributed by atoms with Gasteiger partial charge in [-0.1, -0.05) is 44.2 Å². The highest BCUT2D eigenvalue weighted by molar-refractivity contribution is 7.91. The van der Waals surface area contributed by atoms with Crippen molar-refractivity contribution in [3.8, 4) is 5.75 Å². The van der Waals surface area contributed by atoms with Gasteiger partial charge in [0.05, 0.1) is 17.1 Å². The third-order valence-electron chi connectivity index (χ3n) is 6.42. The number of ether oxygens (including phenoxy) is 1. The Bertz CT molecular complexity index is 1470. The van der Waals surface area contributed by atoms with E-state index in [-0.39, 0.29) is 22.0 Å². The number of alkyl halides is 3. The number of para-hydroxylation sites is 1. The van der Waals surface area contributed by atoms with Gasteiger partial charge in [0.1, 0.15) is 22.0 Å². The molecule has 0 saturated heterocycles. The first-order valence-corrected chi connectivity index (χ1v) is 14.0. The normalized spacial score (nSPS) is 12.4. The number of rotatable bonds is 11. The average molecular weight is 546 g/mol. The molecule has 0 saturated carbocycles. The van der Waals surface area contributed by atoms with E-state index in [1.807, 2.05) is 0 Å². The molecule has 0 fully saturated rings. The number of nitrogens with zero attached hydrogens (tertiary/aromatic N) is 1. The summed E-state index contributed by atoms with van der Waals surface area (Å²) in [6, 6.07) is 17.7. The molecule has 0 amide bonds. The zero-order valence-electron chi connectivity index (χ0n) is 21.3. The van der Waals surface area contributed by atoms with Crippen molar-refractivity contribution in [2.24, 2.45) is 0 Å². The Morgan fingerprint density at radius 3 is 2.32 bits per heavy atom. The first kappa shape index (κ1) is 27.7. The Morgan fingerprint density at radius 1 is 0.921 bits per heavy atom. The molecule has 4 aromatic rings. The van der Waals surface area contributed by atoms with Crippen molar-refractivity contribution in [2.45, 2.75) is 42.7 Å². The van der Waals surface area contributed by atoms with Crippen molar-refractivity contribution >= 4 is 20.8 Å². The Balaban J connectivity index is 1.60. The van der Waals surface area contributed by atoms with Crippen LogP contribution in [-0.2, 0) is 22.4 Å². The molecule has 4 rings (SSSR count). The van der Waals surface area contributed by atoms with Crippen LogP contribution >= 0.6 is 0 Å². The lowest BCUT2D eigenvalue weighted by atomic mass is 10.1. The van der Waals surface area contributed by atoms with E-state index < -0.39 is 21.6 Å². The minimum absolute atomic E-state index is 0.0431. The fourth-order valence-corrected chi connectivity index (χ4v) is 5.98. The third kappa shape index (κ3) is 6.22. The van der Waals surface area contributed by atoms with E-state index in [1.165, 1.54) is 24.3 Å². The molecule has 3 aromatic carbocycles. The lowest BCUT2D eigenvalue weighted by Gasteiger charge is -2.17. The minimum atomic E-state index is -4.51.